The van der Waals surface area contributed by atoms with Crippen LogP contribution < -0.4 is 9.47 Å². The van der Waals surface area contributed by atoms with Crippen molar-refractivity contribution in [3.05, 3.63) is 65.9 Å². The number of rotatable bonds is 8. The molecule has 2 aromatic rings. The molecule has 126 valence electrons. The Kier molecular flexibility index (Phi) is 6.25. The van der Waals surface area contributed by atoms with Gasteiger partial charge in [0.05, 0.1) is 20.0 Å². The third-order valence-electron chi connectivity index (χ3n) is 3.28. The summed E-state index contributed by atoms with van der Waals surface area (Å²) in [7, 11) is 1.42. The maximum atomic E-state index is 11.4. The summed E-state index contributed by atoms with van der Waals surface area (Å²) < 4.78 is 16.1. The molecular formula is C19H20O5. The van der Waals surface area contributed by atoms with Gasteiger partial charge in [-0.1, -0.05) is 30.3 Å². The van der Waals surface area contributed by atoms with Gasteiger partial charge in [-0.15, -0.1) is 0 Å². The second-order valence-corrected chi connectivity index (χ2v) is 4.93. The molecule has 0 aliphatic carbocycles. The molecule has 0 atom stereocenters. The third kappa shape index (κ3) is 4.52. The van der Waals surface area contributed by atoms with Crippen LogP contribution in [0.25, 0.3) is 5.57 Å². The predicted molar refractivity (Wildman–Crippen MR) is 91.0 cm³/mol. The lowest BCUT2D eigenvalue weighted by Gasteiger charge is -2.12. The van der Waals surface area contributed by atoms with Crippen molar-refractivity contribution in [1.82, 2.24) is 0 Å². The van der Waals surface area contributed by atoms with E-state index >= 15 is 0 Å². The van der Waals surface area contributed by atoms with E-state index in [0.717, 1.165) is 11.3 Å². The van der Waals surface area contributed by atoms with E-state index in [0.29, 0.717) is 17.9 Å². The number of hydrogen-bond donors (Lipinski definition) is 1. The lowest BCUT2D eigenvalue weighted by Crippen LogP contribution is -2.06. The molecule has 0 saturated heterocycles. The van der Waals surface area contributed by atoms with Crippen molar-refractivity contribution in [2.24, 2.45) is 0 Å². The Morgan fingerprint density at radius 3 is 2.46 bits per heavy atom. The maximum Gasteiger partial charge on any atom is 0.339 e. The minimum absolute atomic E-state index is 0.0831. The number of hydrogen-bond acceptors (Lipinski definition) is 4. The smallest absolute Gasteiger partial charge is 0.339 e. The molecule has 0 amide bonds. The molecule has 2 aromatic carbocycles. The molecule has 0 heterocycles. The van der Waals surface area contributed by atoms with Crippen LogP contribution in [0.1, 0.15) is 18.1 Å². The zero-order valence-corrected chi connectivity index (χ0v) is 13.7. The number of aliphatic carboxylic acids is 1. The van der Waals surface area contributed by atoms with Gasteiger partial charge in [-0.05, 0) is 30.2 Å². The van der Waals surface area contributed by atoms with Crippen LogP contribution in [0.3, 0.4) is 0 Å². The van der Waals surface area contributed by atoms with Crippen LogP contribution in [0.4, 0.5) is 0 Å². The summed E-state index contributed by atoms with van der Waals surface area (Å²) in [6.45, 7) is 2.73. The van der Waals surface area contributed by atoms with Gasteiger partial charge in [0.25, 0.3) is 0 Å². The first kappa shape index (κ1) is 17.4. The first-order valence-corrected chi connectivity index (χ1v) is 7.56. The number of carboxylic acids is 1. The van der Waals surface area contributed by atoms with Crippen LogP contribution in [-0.2, 0) is 16.1 Å². The molecule has 1 N–H and O–H groups in total. The average Bonchev–Trinajstić information content (AvgIpc) is 2.59. The van der Waals surface area contributed by atoms with Crippen LogP contribution in [-0.4, -0.2) is 24.8 Å². The molecule has 0 fully saturated rings. The molecule has 0 spiro atoms. The van der Waals surface area contributed by atoms with Crippen molar-refractivity contribution >= 4 is 11.5 Å². The highest BCUT2D eigenvalue weighted by atomic mass is 16.5. The van der Waals surface area contributed by atoms with Crippen LogP contribution in [0.5, 0.6) is 11.5 Å². The Morgan fingerprint density at radius 1 is 1.08 bits per heavy atom. The first-order chi connectivity index (χ1) is 11.7. The van der Waals surface area contributed by atoms with E-state index in [9.17, 15) is 9.90 Å². The Hall–Kier alpha value is -2.95. The van der Waals surface area contributed by atoms with E-state index in [-0.39, 0.29) is 12.2 Å². The second kappa shape index (κ2) is 8.62. The normalized spacial score (nSPS) is 11.0. The predicted octanol–water partition coefficient (Wildman–Crippen LogP) is 3.74. The monoisotopic (exact) mass is 328 g/mol. The summed E-state index contributed by atoms with van der Waals surface area (Å²) in [5.74, 6) is 0.333. The average molecular weight is 328 g/mol. The summed E-state index contributed by atoms with van der Waals surface area (Å²) in [5, 5.41) is 9.36. The van der Waals surface area contributed by atoms with Gasteiger partial charge in [-0.3, -0.25) is 0 Å². The Morgan fingerprint density at radius 2 is 1.79 bits per heavy atom. The summed E-state index contributed by atoms with van der Waals surface area (Å²) in [6, 6.07) is 14.5. The summed E-state index contributed by atoms with van der Waals surface area (Å²) in [6.07, 6.45) is 1.22. The van der Waals surface area contributed by atoms with Gasteiger partial charge in [-0.2, -0.15) is 0 Å². The van der Waals surface area contributed by atoms with Crippen molar-refractivity contribution in [3.63, 3.8) is 0 Å². The summed E-state index contributed by atoms with van der Waals surface area (Å²) in [5.41, 5.74) is 1.40. The molecule has 0 aliphatic rings. The number of methoxy groups -OCH3 is 1. The number of benzene rings is 2. The zero-order chi connectivity index (χ0) is 17.4. The van der Waals surface area contributed by atoms with E-state index < -0.39 is 5.97 Å². The highest BCUT2D eigenvalue weighted by Gasteiger charge is 2.15. The number of ether oxygens (including phenoxy) is 3. The molecule has 5 heteroatoms. The molecular weight excluding hydrogens is 308 g/mol. The van der Waals surface area contributed by atoms with E-state index in [4.69, 9.17) is 14.2 Å². The lowest BCUT2D eigenvalue weighted by atomic mass is 10.0. The van der Waals surface area contributed by atoms with E-state index in [2.05, 4.69) is 0 Å². The van der Waals surface area contributed by atoms with Crippen molar-refractivity contribution in [2.45, 2.75) is 13.5 Å². The highest BCUT2D eigenvalue weighted by Crippen LogP contribution is 2.24. The van der Waals surface area contributed by atoms with Gasteiger partial charge in [0.2, 0.25) is 0 Å². The van der Waals surface area contributed by atoms with Gasteiger partial charge in [0.15, 0.2) is 0 Å². The van der Waals surface area contributed by atoms with Crippen molar-refractivity contribution in [2.75, 3.05) is 13.7 Å². The fraction of sp³-hybridized carbons (Fsp3) is 0.211. The molecule has 0 aromatic heterocycles. The highest BCUT2D eigenvalue weighted by molar-refractivity contribution is 6.15. The zero-order valence-electron chi connectivity index (χ0n) is 13.7. The molecule has 0 saturated carbocycles. The molecule has 0 radical (unpaired) electrons. The molecule has 5 nitrogen and oxygen atoms in total. The number of carboxylic acid groups (broad SMARTS) is 1. The topological polar surface area (TPSA) is 65.0 Å². The van der Waals surface area contributed by atoms with Gasteiger partial charge in [-0.25, -0.2) is 4.79 Å². The van der Waals surface area contributed by atoms with Crippen LogP contribution in [0.2, 0.25) is 0 Å². The Labute approximate surface area is 141 Å². The number of carbonyl (C=O) groups is 1. The van der Waals surface area contributed by atoms with Gasteiger partial charge >= 0.3 is 5.97 Å². The quantitative estimate of drug-likeness (QED) is 0.591. The molecule has 24 heavy (non-hydrogen) atoms. The van der Waals surface area contributed by atoms with Crippen LogP contribution in [0, 0.1) is 0 Å². The Bertz CT molecular complexity index is 721. The van der Waals surface area contributed by atoms with E-state index in [1.807, 2.05) is 37.3 Å². The minimum Gasteiger partial charge on any atom is -0.503 e. The molecule has 2 rings (SSSR count). The summed E-state index contributed by atoms with van der Waals surface area (Å²) in [4.78, 5) is 11.4. The SMILES string of the molecule is CCOc1cccc(OCc2ccccc2/C(=C\OC)C(=O)O)c1. The fourth-order valence-electron chi connectivity index (χ4n) is 2.24. The van der Waals surface area contributed by atoms with Crippen molar-refractivity contribution < 1.29 is 24.1 Å². The van der Waals surface area contributed by atoms with Crippen molar-refractivity contribution in [3.8, 4) is 11.5 Å². The second-order valence-electron chi connectivity index (χ2n) is 4.93. The van der Waals surface area contributed by atoms with E-state index in [1.165, 1.54) is 13.4 Å². The minimum atomic E-state index is -1.05. The van der Waals surface area contributed by atoms with Crippen LogP contribution >= 0.6 is 0 Å². The standard InChI is InChI=1S/C19H20O5/c1-3-23-15-8-6-9-16(11-15)24-12-14-7-4-5-10-17(14)18(13-22-2)19(20)21/h4-11,13H,3,12H2,1-2H3,(H,20,21)/b18-13+. The van der Waals surface area contributed by atoms with Gasteiger partial charge in [0, 0.05) is 6.07 Å². The molecule has 0 aliphatic heterocycles. The maximum absolute atomic E-state index is 11.4. The van der Waals surface area contributed by atoms with Crippen molar-refractivity contribution in [1.29, 1.82) is 0 Å². The molecule has 0 unspecified atom stereocenters. The van der Waals surface area contributed by atoms with Gasteiger partial charge in [0.1, 0.15) is 23.7 Å². The first-order valence-electron chi connectivity index (χ1n) is 7.56. The Balaban J connectivity index is 2.20. The fourth-order valence-corrected chi connectivity index (χ4v) is 2.24. The third-order valence-corrected chi connectivity index (χ3v) is 3.28. The van der Waals surface area contributed by atoms with Gasteiger partial charge < -0.3 is 19.3 Å². The van der Waals surface area contributed by atoms with E-state index in [1.54, 1.807) is 18.2 Å². The van der Waals surface area contributed by atoms with Crippen LogP contribution in [0.15, 0.2) is 54.8 Å². The largest absolute Gasteiger partial charge is 0.503 e. The molecule has 0 bridgehead atoms. The lowest BCUT2D eigenvalue weighted by molar-refractivity contribution is -0.130. The summed E-state index contributed by atoms with van der Waals surface area (Å²) >= 11 is 0.